The molecule has 0 unspecified atom stereocenters. The molecule has 0 radical (unpaired) electrons. The minimum Gasteiger partial charge on any atom is -0.361 e. The van der Waals surface area contributed by atoms with Crippen molar-refractivity contribution in [3.05, 3.63) is 136 Å². The van der Waals surface area contributed by atoms with E-state index in [4.69, 9.17) is 0 Å². The molecule has 4 aromatic carbocycles. The maximum absolute atomic E-state index is 13.8. The molecule has 1 atom stereocenters. The van der Waals surface area contributed by atoms with Crippen molar-refractivity contribution in [1.29, 1.82) is 0 Å². The second-order valence-electron chi connectivity index (χ2n) is 8.88. The molecule has 1 aromatic heterocycles. The van der Waals surface area contributed by atoms with Crippen molar-refractivity contribution in [2.24, 2.45) is 0 Å². The first-order chi connectivity index (χ1) is 18.1. The zero-order chi connectivity index (χ0) is 25.6. The van der Waals surface area contributed by atoms with Gasteiger partial charge in [-0.25, -0.2) is 0 Å². The van der Waals surface area contributed by atoms with Gasteiger partial charge in [0.05, 0.1) is 5.92 Å². The molecule has 0 fully saturated rings. The van der Waals surface area contributed by atoms with Gasteiger partial charge in [-0.05, 0) is 69.6 Å². The molecular formula is C31H26IN3O2. The molecular weight excluding hydrogens is 573 g/mol. The molecule has 0 spiro atoms. The lowest BCUT2D eigenvalue weighted by atomic mass is 9.90. The van der Waals surface area contributed by atoms with E-state index in [2.05, 4.69) is 38.2 Å². The van der Waals surface area contributed by atoms with E-state index in [9.17, 15) is 9.59 Å². The fourth-order valence-electron chi connectivity index (χ4n) is 4.53. The number of carbonyl (C=O) groups is 2. The van der Waals surface area contributed by atoms with E-state index in [1.54, 1.807) is 0 Å². The number of carbonyl (C=O) groups excluding carboxylic acids is 2. The number of para-hydroxylation sites is 1. The first kappa shape index (κ1) is 24.8. The van der Waals surface area contributed by atoms with Gasteiger partial charge in [0.1, 0.15) is 6.04 Å². The quantitative estimate of drug-likeness (QED) is 0.184. The first-order valence-corrected chi connectivity index (χ1v) is 13.2. The van der Waals surface area contributed by atoms with E-state index in [1.807, 2.05) is 115 Å². The van der Waals surface area contributed by atoms with Gasteiger partial charge in [0.15, 0.2) is 0 Å². The van der Waals surface area contributed by atoms with E-state index in [0.29, 0.717) is 12.1 Å². The van der Waals surface area contributed by atoms with Gasteiger partial charge in [0, 0.05) is 32.8 Å². The van der Waals surface area contributed by atoms with Crippen LogP contribution in [0.2, 0.25) is 0 Å². The maximum atomic E-state index is 13.8. The maximum Gasteiger partial charge on any atom is 0.247 e. The Labute approximate surface area is 229 Å². The van der Waals surface area contributed by atoms with Crippen LogP contribution in [0, 0.1) is 3.57 Å². The predicted octanol–water partition coefficient (Wildman–Crippen LogP) is 6.27. The monoisotopic (exact) mass is 599 g/mol. The number of benzene rings is 4. The van der Waals surface area contributed by atoms with Crippen LogP contribution in [-0.4, -0.2) is 22.8 Å². The van der Waals surface area contributed by atoms with Crippen molar-refractivity contribution in [3.8, 4) is 0 Å². The van der Waals surface area contributed by atoms with Gasteiger partial charge in [-0.15, -0.1) is 0 Å². The lowest BCUT2D eigenvalue weighted by Gasteiger charge is -2.23. The largest absolute Gasteiger partial charge is 0.361 e. The molecule has 0 aliphatic heterocycles. The molecule has 5 aromatic rings. The SMILES string of the molecule is O=C(N[C@@H](Cc1c[nH]c2ccccc12)C(=O)Nc1ccc(I)cc1)C(c1ccccc1)c1ccccc1. The minimum absolute atomic E-state index is 0.222. The highest BCUT2D eigenvalue weighted by Crippen LogP contribution is 2.26. The van der Waals surface area contributed by atoms with Crippen LogP contribution in [0.1, 0.15) is 22.6 Å². The third-order valence-electron chi connectivity index (χ3n) is 6.37. The Morgan fingerprint density at radius 3 is 1.97 bits per heavy atom. The Balaban J connectivity index is 1.46. The highest BCUT2D eigenvalue weighted by Gasteiger charge is 2.28. The van der Waals surface area contributed by atoms with Crippen LogP contribution in [-0.2, 0) is 16.0 Å². The van der Waals surface area contributed by atoms with Crippen molar-refractivity contribution in [3.63, 3.8) is 0 Å². The van der Waals surface area contributed by atoms with Gasteiger partial charge < -0.3 is 15.6 Å². The summed E-state index contributed by atoms with van der Waals surface area (Å²) in [5, 5.41) is 7.10. The van der Waals surface area contributed by atoms with Crippen LogP contribution in [0.4, 0.5) is 5.69 Å². The number of hydrogen-bond acceptors (Lipinski definition) is 2. The van der Waals surface area contributed by atoms with Crippen molar-refractivity contribution in [2.75, 3.05) is 5.32 Å². The zero-order valence-electron chi connectivity index (χ0n) is 20.0. The lowest BCUT2D eigenvalue weighted by molar-refractivity contribution is -0.126. The van der Waals surface area contributed by atoms with Crippen LogP contribution in [0.15, 0.2) is 115 Å². The average molecular weight is 599 g/mol. The fraction of sp³-hybridized carbons (Fsp3) is 0.0968. The Morgan fingerprint density at radius 1 is 0.730 bits per heavy atom. The number of hydrogen-bond donors (Lipinski definition) is 3. The molecule has 5 nitrogen and oxygen atoms in total. The van der Waals surface area contributed by atoms with Gasteiger partial charge in [-0.2, -0.15) is 0 Å². The molecule has 6 heteroatoms. The topological polar surface area (TPSA) is 74.0 Å². The van der Waals surface area contributed by atoms with Crippen LogP contribution in [0.25, 0.3) is 10.9 Å². The molecule has 2 amide bonds. The van der Waals surface area contributed by atoms with Crippen LogP contribution >= 0.6 is 22.6 Å². The number of aromatic amines is 1. The smallest absolute Gasteiger partial charge is 0.247 e. The van der Waals surface area contributed by atoms with Gasteiger partial charge in [0.25, 0.3) is 0 Å². The van der Waals surface area contributed by atoms with E-state index in [1.165, 1.54) is 0 Å². The molecule has 0 saturated carbocycles. The summed E-state index contributed by atoms with van der Waals surface area (Å²) in [6.07, 6.45) is 2.26. The summed E-state index contributed by atoms with van der Waals surface area (Å²) in [6, 6.07) is 34.1. The fourth-order valence-corrected chi connectivity index (χ4v) is 4.89. The summed E-state index contributed by atoms with van der Waals surface area (Å²) in [6.45, 7) is 0. The minimum atomic E-state index is -0.777. The summed E-state index contributed by atoms with van der Waals surface area (Å²) >= 11 is 2.23. The summed E-state index contributed by atoms with van der Waals surface area (Å²) < 4.78 is 1.08. The lowest BCUT2D eigenvalue weighted by Crippen LogP contribution is -2.47. The summed E-state index contributed by atoms with van der Waals surface area (Å²) in [4.78, 5) is 30.7. The van der Waals surface area contributed by atoms with E-state index < -0.39 is 12.0 Å². The highest BCUT2D eigenvalue weighted by molar-refractivity contribution is 14.1. The molecule has 37 heavy (non-hydrogen) atoms. The number of nitrogens with one attached hydrogen (secondary N) is 3. The van der Waals surface area contributed by atoms with Crippen LogP contribution < -0.4 is 10.6 Å². The standard InChI is InChI=1S/C31H26IN3O2/c32-24-15-17-25(18-16-24)34-30(36)28(19-23-20-33-27-14-8-7-13-26(23)27)35-31(37)29(21-9-3-1-4-10-21)22-11-5-2-6-12-22/h1-18,20,28-29,33H,19H2,(H,34,36)(H,35,37)/t28-/m0/s1. The second-order valence-corrected chi connectivity index (χ2v) is 10.1. The summed E-state index contributed by atoms with van der Waals surface area (Å²) in [5.74, 6) is -1.03. The number of halogens is 1. The molecule has 0 aliphatic carbocycles. The molecule has 184 valence electrons. The van der Waals surface area contributed by atoms with Gasteiger partial charge in [-0.1, -0.05) is 78.9 Å². The Hall–Kier alpha value is -3.91. The third-order valence-corrected chi connectivity index (χ3v) is 7.09. The van der Waals surface area contributed by atoms with Crippen molar-refractivity contribution >= 4 is 51.0 Å². The number of rotatable bonds is 8. The number of amides is 2. The van der Waals surface area contributed by atoms with Crippen molar-refractivity contribution in [2.45, 2.75) is 18.4 Å². The number of aromatic nitrogens is 1. The Kier molecular flexibility index (Phi) is 7.65. The Bertz CT molecular complexity index is 1460. The third kappa shape index (κ3) is 5.91. The zero-order valence-corrected chi connectivity index (χ0v) is 22.2. The van der Waals surface area contributed by atoms with Gasteiger partial charge in [0.2, 0.25) is 11.8 Å². The summed E-state index contributed by atoms with van der Waals surface area (Å²) in [5.41, 5.74) is 4.39. The molecule has 3 N–H and O–H groups in total. The molecule has 1 heterocycles. The number of anilines is 1. The molecule has 0 aliphatic rings. The van der Waals surface area contributed by atoms with Crippen LogP contribution in [0.3, 0.4) is 0 Å². The molecule has 0 bridgehead atoms. The second kappa shape index (κ2) is 11.4. The average Bonchev–Trinajstić information content (AvgIpc) is 3.34. The van der Waals surface area contributed by atoms with Crippen molar-refractivity contribution in [1.82, 2.24) is 10.3 Å². The van der Waals surface area contributed by atoms with Crippen molar-refractivity contribution < 1.29 is 9.59 Å². The molecule has 5 rings (SSSR count). The number of H-pyrrole nitrogens is 1. The van der Waals surface area contributed by atoms with Gasteiger partial charge in [-0.3, -0.25) is 9.59 Å². The summed E-state index contributed by atoms with van der Waals surface area (Å²) in [7, 11) is 0. The van der Waals surface area contributed by atoms with E-state index in [0.717, 1.165) is 31.2 Å². The Morgan fingerprint density at radius 2 is 1.32 bits per heavy atom. The first-order valence-electron chi connectivity index (χ1n) is 12.1. The highest BCUT2D eigenvalue weighted by atomic mass is 127. The normalized spacial score (nSPS) is 11.8. The van der Waals surface area contributed by atoms with Crippen LogP contribution in [0.5, 0.6) is 0 Å². The van der Waals surface area contributed by atoms with E-state index in [-0.39, 0.29) is 11.8 Å². The molecule has 0 saturated heterocycles. The number of fused-ring (bicyclic) bond motifs is 1. The van der Waals surface area contributed by atoms with E-state index >= 15 is 0 Å². The van der Waals surface area contributed by atoms with Gasteiger partial charge >= 0.3 is 0 Å². The predicted molar refractivity (Wildman–Crippen MR) is 156 cm³/mol.